The van der Waals surface area contributed by atoms with Crippen LogP contribution in [0.25, 0.3) is 11.0 Å². The molecule has 2 rings (SSSR count). The smallest absolute Gasteiger partial charge is 0.251 e. The van der Waals surface area contributed by atoms with E-state index >= 15 is 0 Å². The van der Waals surface area contributed by atoms with E-state index in [1.54, 1.807) is 37.5 Å². The average molecular weight is 261 g/mol. The van der Waals surface area contributed by atoms with Crippen LogP contribution in [0.4, 0.5) is 0 Å². The van der Waals surface area contributed by atoms with Gasteiger partial charge in [0.15, 0.2) is 0 Å². The van der Waals surface area contributed by atoms with Crippen LogP contribution in [-0.4, -0.2) is 44.8 Å². The largest absolute Gasteiger partial charge is 0.394 e. The number of aliphatic hydroxyl groups excluding tert-OH is 2. The Kier molecular flexibility index (Phi) is 3.73. The number of nitrogens with one attached hydrogen (secondary N) is 1. The van der Waals surface area contributed by atoms with Crippen molar-refractivity contribution in [3.63, 3.8) is 0 Å². The van der Waals surface area contributed by atoms with Crippen molar-refractivity contribution in [2.45, 2.75) is 12.5 Å². The number of hydrogen-bond acceptors (Lipinski definition) is 5. The van der Waals surface area contributed by atoms with Crippen LogP contribution in [0.1, 0.15) is 17.3 Å². The van der Waals surface area contributed by atoms with Gasteiger partial charge in [-0.15, -0.1) is 0 Å². The molecule has 0 aliphatic heterocycles. The number of hydrogen-bond donors (Lipinski definition) is 3. The third-order valence-electron chi connectivity index (χ3n) is 2.84. The van der Waals surface area contributed by atoms with Gasteiger partial charge in [0, 0.05) is 18.0 Å². The van der Waals surface area contributed by atoms with Gasteiger partial charge in [-0.2, -0.15) is 0 Å². The molecular formula is C13H15N3O3. The molecule has 1 amide bonds. The zero-order chi connectivity index (χ0) is 13.9. The summed E-state index contributed by atoms with van der Waals surface area (Å²) in [4.78, 5) is 20.3. The lowest BCUT2D eigenvalue weighted by Gasteiger charge is -2.26. The van der Waals surface area contributed by atoms with Gasteiger partial charge in [0.25, 0.3) is 5.91 Å². The Morgan fingerprint density at radius 2 is 1.84 bits per heavy atom. The molecule has 3 N–H and O–H groups in total. The normalized spacial score (nSPS) is 11.5. The maximum atomic E-state index is 12.0. The van der Waals surface area contributed by atoms with E-state index in [9.17, 15) is 4.79 Å². The molecule has 2 aromatic rings. The Labute approximate surface area is 110 Å². The molecule has 0 unspecified atom stereocenters. The fourth-order valence-corrected chi connectivity index (χ4v) is 1.58. The second kappa shape index (κ2) is 5.29. The molecular weight excluding hydrogens is 246 g/mol. The zero-order valence-electron chi connectivity index (χ0n) is 10.5. The van der Waals surface area contributed by atoms with Gasteiger partial charge >= 0.3 is 0 Å². The SMILES string of the molecule is CC(CO)(CO)NC(=O)c1ccc2nccnc2c1. The minimum Gasteiger partial charge on any atom is -0.394 e. The third kappa shape index (κ3) is 2.86. The first-order valence-corrected chi connectivity index (χ1v) is 5.83. The molecule has 0 saturated heterocycles. The number of nitrogens with zero attached hydrogens (tertiary/aromatic N) is 2. The van der Waals surface area contributed by atoms with Gasteiger partial charge in [-0.1, -0.05) is 0 Å². The lowest BCUT2D eigenvalue weighted by molar-refractivity contribution is 0.0724. The lowest BCUT2D eigenvalue weighted by atomic mass is 10.0. The van der Waals surface area contributed by atoms with Gasteiger partial charge in [-0.25, -0.2) is 0 Å². The lowest BCUT2D eigenvalue weighted by Crippen LogP contribution is -2.51. The second-order valence-electron chi connectivity index (χ2n) is 4.59. The summed E-state index contributed by atoms with van der Waals surface area (Å²) in [6.45, 7) is 0.872. The molecule has 100 valence electrons. The summed E-state index contributed by atoms with van der Waals surface area (Å²) in [5, 5.41) is 20.9. The second-order valence-corrected chi connectivity index (χ2v) is 4.59. The van der Waals surface area contributed by atoms with Gasteiger partial charge in [-0.3, -0.25) is 14.8 Å². The van der Waals surface area contributed by atoms with Crippen molar-refractivity contribution in [2.24, 2.45) is 0 Å². The molecule has 6 nitrogen and oxygen atoms in total. The number of aliphatic hydroxyl groups is 2. The molecule has 0 radical (unpaired) electrons. The van der Waals surface area contributed by atoms with E-state index in [2.05, 4.69) is 15.3 Å². The molecule has 1 heterocycles. The maximum absolute atomic E-state index is 12.0. The third-order valence-corrected chi connectivity index (χ3v) is 2.84. The van der Waals surface area contributed by atoms with E-state index in [1.807, 2.05) is 0 Å². The van der Waals surface area contributed by atoms with Crippen LogP contribution in [-0.2, 0) is 0 Å². The van der Waals surface area contributed by atoms with Crippen LogP contribution < -0.4 is 5.32 Å². The van der Waals surface area contributed by atoms with Crippen molar-refractivity contribution < 1.29 is 15.0 Å². The van der Waals surface area contributed by atoms with E-state index in [4.69, 9.17) is 10.2 Å². The van der Waals surface area contributed by atoms with Crippen LogP contribution in [0.2, 0.25) is 0 Å². The highest BCUT2D eigenvalue weighted by Gasteiger charge is 2.25. The summed E-state index contributed by atoms with van der Waals surface area (Å²) in [7, 11) is 0. The number of amides is 1. The van der Waals surface area contributed by atoms with Crippen LogP contribution in [0.3, 0.4) is 0 Å². The van der Waals surface area contributed by atoms with E-state index < -0.39 is 5.54 Å². The first-order valence-electron chi connectivity index (χ1n) is 5.83. The van der Waals surface area contributed by atoms with Crippen molar-refractivity contribution in [3.05, 3.63) is 36.2 Å². The maximum Gasteiger partial charge on any atom is 0.251 e. The van der Waals surface area contributed by atoms with Crippen LogP contribution in [0.5, 0.6) is 0 Å². The molecule has 1 aromatic heterocycles. The van der Waals surface area contributed by atoms with Crippen LogP contribution >= 0.6 is 0 Å². The first-order chi connectivity index (χ1) is 9.08. The molecule has 0 atom stereocenters. The highest BCUT2D eigenvalue weighted by atomic mass is 16.3. The van der Waals surface area contributed by atoms with Gasteiger partial charge in [0.05, 0.1) is 29.8 Å². The molecule has 1 aromatic carbocycles. The van der Waals surface area contributed by atoms with E-state index in [0.717, 1.165) is 0 Å². The molecule has 0 aliphatic rings. The van der Waals surface area contributed by atoms with Crippen LogP contribution in [0.15, 0.2) is 30.6 Å². The van der Waals surface area contributed by atoms with Gasteiger partial charge in [-0.05, 0) is 25.1 Å². The van der Waals surface area contributed by atoms with Crippen molar-refractivity contribution in [1.29, 1.82) is 0 Å². The summed E-state index contributed by atoms with van der Waals surface area (Å²) in [6.07, 6.45) is 3.13. The highest BCUT2D eigenvalue weighted by molar-refractivity contribution is 5.97. The fraction of sp³-hybridized carbons (Fsp3) is 0.308. The number of aromatic nitrogens is 2. The topological polar surface area (TPSA) is 95.3 Å². The molecule has 19 heavy (non-hydrogen) atoms. The average Bonchev–Trinajstić information content (AvgIpc) is 2.46. The van der Waals surface area contributed by atoms with Crippen molar-refractivity contribution in [2.75, 3.05) is 13.2 Å². The minimum atomic E-state index is -1.05. The number of benzene rings is 1. The van der Waals surface area contributed by atoms with E-state index in [0.29, 0.717) is 16.6 Å². The molecule has 0 fully saturated rings. The molecule has 0 aliphatic carbocycles. The van der Waals surface area contributed by atoms with Gasteiger partial charge < -0.3 is 15.5 Å². The zero-order valence-corrected chi connectivity index (χ0v) is 10.5. The summed E-state index contributed by atoms with van der Waals surface area (Å²) in [5.74, 6) is -0.377. The highest BCUT2D eigenvalue weighted by Crippen LogP contribution is 2.12. The Hall–Kier alpha value is -2.05. The monoisotopic (exact) mass is 261 g/mol. The molecule has 6 heteroatoms. The molecule has 0 spiro atoms. The Morgan fingerprint density at radius 3 is 2.47 bits per heavy atom. The van der Waals surface area contributed by atoms with Crippen molar-refractivity contribution in [1.82, 2.24) is 15.3 Å². The molecule has 0 saturated carbocycles. The Bertz CT molecular complexity index is 596. The summed E-state index contributed by atoms with van der Waals surface area (Å²) in [5.41, 5.74) is 0.672. The van der Waals surface area contributed by atoms with Crippen molar-refractivity contribution in [3.8, 4) is 0 Å². The van der Waals surface area contributed by atoms with E-state index in [-0.39, 0.29) is 19.1 Å². The Morgan fingerprint density at radius 1 is 1.21 bits per heavy atom. The molecule has 0 bridgehead atoms. The minimum absolute atomic E-state index is 0.345. The summed E-state index contributed by atoms with van der Waals surface area (Å²) in [6, 6.07) is 4.95. The van der Waals surface area contributed by atoms with Gasteiger partial charge in [0.2, 0.25) is 0 Å². The predicted octanol–water partition coefficient (Wildman–Crippen LogP) is 0.103. The summed E-state index contributed by atoms with van der Waals surface area (Å²) < 4.78 is 0. The quantitative estimate of drug-likeness (QED) is 0.725. The number of fused-ring (bicyclic) bond motifs is 1. The fourth-order valence-electron chi connectivity index (χ4n) is 1.58. The number of rotatable bonds is 4. The first kappa shape index (κ1) is 13.4. The predicted molar refractivity (Wildman–Crippen MR) is 69.6 cm³/mol. The number of carbonyl (C=O) groups excluding carboxylic acids is 1. The van der Waals surface area contributed by atoms with E-state index in [1.165, 1.54) is 0 Å². The van der Waals surface area contributed by atoms with Crippen molar-refractivity contribution >= 4 is 16.9 Å². The number of carbonyl (C=O) groups is 1. The summed E-state index contributed by atoms with van der Waals surface area (Å²) >= 11 is 0. The van der Waals surface area contributed by atoms with Crippen LogP contribution in [0, 0.1) is 0 Å². The standard InChI is InChI=1S/C13H15N3O3/c1-13(7-17,8-18)16-12(19)9-2-3-10-11(6-9)15-5-4-14-10/h2-6,17-18H,7-8H2,1H3,(H,16,19). The van der Waals surface area contributed by atoms with Gasteiger partial charge in [0.1, 0.15) is 0 Å². The Balaban J connectivity index is 2.26.